The van der Waals surface area contributed by atoms with Crippen LogP contribution in [-0.4, -0.2) is 41.1 Å². The third-order valence-corrected chi connectivity index (χ3v) is 4.78. The van der Waals surface area contributed by atoms with Crippen LogP contribution >= 0.6 is 0 Å². The minimum absolute atomic E-state index is 0.0267. The highest BCUT2D eigenvalue weighted by Crippen LogP contribution is 2.33. The normalized spacial score (nSPS) is 17.5. The average molecular weight is 382 g/mol. The molecule has 0 aliphatic carbocycles. The van der Waals surface area contributed by atoms with Gasteiger partial charge in [0.05, 0.1) is 6.61 Å². The van der Waals surface area contributed by atoms with E-state index in [1.54, 1.807) is 11.5 Å². The minimum atomic E-state index is -0.631. The molecule has 3 rings (SSSR count). The van der Waals surface area contributed by atoms with E-state index < -0.39 is 5.97 Å². The maximum absolute atomic E-state index is 13.0. The lowest BCUT2D eigenvalue weighted by Crippen LogP contribution is -2.36. The number of nitrogens with zero attached hydrogens (tertiary/aromatic N) is 3. The summed E-state index contributed by atoms with van der Waals surface area (Å²) >= 11 is 0. The monoisotopic (exact) mass is 382 g/mol. The fourth-order valence-electron chi connectivity index (χ4n) is 3.38. The lowest BCUT2D eigenvalue weighted by atomic mass is 9.99. The Labute approximate surface area is 164 Å². The van der Waals surface area contributed by atoms with Gasteiger partial charge < -0.3 is 15.0 Å². The molecule has 7 nitrogen and oxygen atoms in total. The van der Waals surface area contributed by atoms with E-state index in [1.807, 2.05) is 56.3 Å². The molecule has 1 aliphatic heterocycles. The summed E-state index contributed by atoms with van der Waals surface area (Å²) in [5.74, 6) is 0.834. The third kappa shape index (κ3) is 3.78. The van der Waals surface area contributed by atoms with Crippen molar-refractivity contribution in [3.05, 3.63) is 64.1 Å². The molecule has 1 aliphatic rings. The van der Waals surface area contributed by atoms with Crippen LogP contribution in [0.5, 0.6) is 0 Å². The Bertz CT molecular complexity index is 948. The summed E-state index contributed by atoms with van der Waals surface area (Å²) in [7, 11) is 3.90. The van der Waals surface area contributed by atoms with Gasteiger partial charge in [-0.3, -0.25) is 9.36 Å². The molecule has 0 radical (unpaired) electrons. The number of para-hydroxylation sites is 1. The Kier molecular flexibility index (Phi) is 5.82. The highest BCUT2D eigenvalue weighted by Gasteiger charge is 2.28. The summed E-state index contributed by atoms with van der Waals surface area (Å²) < 4.78 is 6.61. The molecule has 1 unspecified atom stereocenters. The van der Waals surface area contributed by atoms with Crippen LogP contribution in [0, 0.1) is 0 Å². The van der Waals surface area contributed by atoms with E-state index in [9.17, 15) is 9.59 Å². The van der Waals surface area contributed by atoms with Crippen molar-refractivity contribution in [1.82, 2.24) is 14.5 Å². The summed E-state index contributed by atoms with van der Waals surface area (Å²) in [5.41, 5.74) is 1.51. The first-order chi connectivity index (χ1) is 13.4. The van der Waals surface area contributed by atoms with Crippen LogP contribution in [0.15, 0.2) is 47.1 Å². The molecule has 1 N–H and O–H groups in total. The van der Waals surface area contributed by atoms with Gasteiger partial charge in [-0.15, -0.1) is 0 Å². The van der Waals surface area contributed by atoms with Gasteiger partial charge >= 0.3 is 5.97 Å². The largest absolute Gasteiger partial charge is 0.462 e. The predicted octanol–water partition coefficient (Wildman–Crippen LogP) is 3.12. The summed E-state index contributed by atoms with van der Waals surface area (Å²) in [4.78, 5) is 31.6. The van der Waals surface area contributed by atoms with Crippen molar-refractivity contribution in [3.8, 4) is 0 Å². The van der Waals surface area contributed by atoms with Crippen molar-refractivity contribution in [2.45, 2.75) is 32.7 Å². The Morgan fingerprint density at radius 1 is 1.32 bits per heavy atom. The van der Waals surface area contributed by atoms with Crippen LogP contribution in [0.1, 0.15) is 48.9 Å². The maximum Gasteiger partial charge on any atom is 0.345 e. The van der Waals surface area contributed by atoms with Crippen LogP contribution < -0.4 is 10.9 Å². The van der Waals surface area contributed by atoms with Gasteiger partial charge in [0.1, 0.15) is 17.2 Å². The number of allylic oxidation sites excluding steroid dienone is 1. The number of rotatable bonds is 5. The van der Waals surface area contributed by atoms with E-state index in [-0.39, 0.29) is 23.8 Å². The molecule has 0 bridgehead atoms. The maximum atomic E-state index is 13.0. The molecule has 2 heterocycles. The number of fused-ring (bicyclic) bond motifs is 1. The SMILES string of the molecule is CCOC(=O)c1cnc2n(c1=O)C(C)CC/C2=C(\Nc1ccccc1)N(C)C. The second-order valence-corrected chi connectivity index (χ2v) is 6.99. The highest BCUT2D eigenvalue weighted by atomic mass is 16.5. The van der Waals surface area contributed by atoms with Gasteiger partial charge in [0.15, 0.2) is 0 Å². The molecule has 148 valence electrons. The number of ether oxygens (including phenoxy) is 1. The number of hydrogen-bond acceptors (Lipinski definition) is 6. The van der Waals surface area contributed by atoms with Gasteiger partial charge in [-0.05, 0) is 38.8 Å². The second kappa shape index (κ2) is 8.29. The van der Waals surface area contributed by atoms with Gasteiger partial charge in [0, 0.05) is 37.6 Å². The quantitative estimate of drug-likeness (QED) is 0.801. The fraction of sp³-hybridized carbons (Fsp3) is 0.381. The molecule has 1 atom stereocenters. The zero-order valence-corrected chi connectivity index (χ0v) is 16.7. The molecule has 0 saturated carbocycles. The first-order valence-electron chi connectivity index (χ1n) is 9.45. The van der Waals surface area contributed by atoms with Crippen molar-refractivity contribution in [3.63, 3.8) is 0 Å². The standard InChI is InChI=1S/C21H26N4O3/c1-5-28-21(27)17-13-22-18-16(12-11-14(2)25(18)20(17)26)19(24(3)4)23-15-9-7-6-8-10-15/h6-10,13-14,23H,5,11-12H2,1-4H3/b19-16-. The van der Waals surface area contributed by atoms with Gasteiger partial charge in [-0.25, -0.2) is 9.78 Å². The molecule has 0 spiro atoms. The van der Waals surface area contributed by atoms with Gasteiger partial charge in [-0.1, -0.05) is 18.2 Å². The number of aromatic nitrogens is 2. The van der Waals surface area contributed by atoms with E-state index in [2.05, 4.69) is 10.3 Å². The fourth-order valence-corrected chi connectivity index (χ4v) is 3.38. The Morgan fingerprint density at radius 2 is 2.04 bits per heavy atom. The molecule has 0 fully saturated rings. The van der Waals surface area contributed by atoms with Gasteiger partial charge in [-0.2, -0.15) is 0 Å². The van der Waals surface area contributed by atoms with Gasteiger partial charge in [0.25, 0.3) is 5.56 Å². The predicted molar refractivity (Wildman–Crippen MR) is 109 cm³/mol. The first kappa shape index (κ1) is 19.7. The number of benzene rings is 1. The lowest BCUT2D eigenvalue weighted by Gasteiger charge is -2.30. The zero-order valence-electron chi connectivity index (χ0n) is 16.7. The van der Waals surface area contributed by atoms with Crippen molar-refractivity contribution in [2.75, 3.05) is 26.0 Å². The number of esters is 1. The minimum Gasteiger partial charge on any atom is -0.462 e. The molecule has 0 saturated heterocycles. The first-order valence-corrected chi connectivity index (χ1v) is 9.45. The average Bonchev–Trinajstić information content (AvgIpc) is 2.67. The Morgan fingerprint density at radius 3 is 2.68 bits per heavy atom. The van der Waals surface area contributed by atoms with Crippen LogP contribution in [0.25, 0.3) is 5.57 Å². The summed E-state index contributed by atoms with van der Waals surface area (Å²) in [5, 5.41) is 3.44. The van der Waals surface area contributed by atoms with E-state index in [0.717, 1.165) is 29.9 Å². The van der Waals surface area contributed by atoms with Crippen molar-refractivity contribution < 1.29 is 9.53 Å². The molecule has 1 aromatic heterocycles. The zero-order chi connectivity index (χ0) is 20.3. The summed E-state index contributed by atoms with van der Waals surface area (Å²) in [6.07, 6.45) is 2.89. The van der Waals surface area contributed by atoms with Crippen molar-refractivity contribution in [1.29, 1.82) is 0 Å². The molecule has 28 heavy (non-hydrogen) atoms. The molecule has 1 aromatic carbocycles. The number of hydrogen-bond donors (Lipinski definition) is 1. The van der Waals surface area contributed by atoms with Gasteiger partial charge in [0.2, 0.25) is 0 Å². The van der Waals surface area contributed by atoms with E-state index in [4.69, 9.17) is 4.74 Å². The van der Waals surface area contributed by atoms with E-state index in [0.29, 0.717) is 5.82 Å². The highest BCUT2D eigenvalue weighted by molar-refractivity contribution is 5.88. The number of anilines is 1. The van der Waals surface area contributed by atoms with Crippen molar-refractivity contribution >= 4 is 17.2 Å². The smallest absolute Gasteiger partial charge is 0.345 e. The summed E-state index contributed by atoms with van der Waals surface area (Å²) in [6.45, 7) is 3.90. The Hall–Kier alpha value is -3.09. The topological polar surface area (TPSA) is 76.5 Å². The number of carbonyl (C=O) groups excluding carboxylic acids is 1. The van der Waals surface area contributed by atoms with Crippen molar-refractivity contribution in [2.24, 2.45) is 0 Å². The third-order valence-electron chi connectivity index (χ3n) is 4.78. The van der Waals surface area contributed by atoms with Crippen LogP contribution in [0.4, 0.5) is 5.69 Å². The van der Waals surface area contributed by atoms with Crippen LogP contribution in [0.3, 0.4) is 0 Å². The molecular formula is C21H26N4O3. The van der Waals surface area contributed by atoms with Crippen LogP contribution in [0.2, 0.25) is 0 Å². The lowest BCUT2D eigenvalue weighted by molar-refractivity contribution is 0.0522. The van der Waals surface area contributed by atoms with Crippen LogP contribution in [-0.2, 0) is 4.74 Å². The summed E-state index contributed by atoms with van der Waals surface area (Å²) in [6, 6.07) is 9.81. The number of carbonyl (C=O) groups is 1. The molecule has 2 aromatic rings. The van der Waals surface area contributed by atoms with E-state index >= 15 is 0 Å². The molecule has 0 amide bonds. The molecular weight excluding hydrogens is 356 g/mol. The van der Waals surface area contributed by atoms with E-state index in [1.165, 1.54) is 6.20 Å². The second-order valence-electron chi connectivity index (χ2n) is 6.99. The Balaban J connectivity index is 2.13. The number of nitrogens with one attached hydrogen (secondary N) is 1. The molecule has 7 heteroatoms.